The number of H-pyrrole nitrogens is 1. The first-order valence-corrected chi connectivity index (χ1v) is 6.39. The van der Waals surface area contributed by atoms with E-state index in [2.05, 4.69) is 0 Å². The van der Waals surface area contributed by atoms with Gasteiger partial charge < -0.3 is 14.9 Å². The zero-order valence-corrected chi connectivity index (χ0v) is 12.2. The minimum absolute atomic E-state index is 0.0846. The number of likely N-dealkylation sites (N-methyl/N-ethyl adjacent to an activating group) is 2. The lowest BCUT2D eigenvalue weighted by atomic mass is 10.3. The Morgan fingerprint density at radius 1 is 1.27 bits per heavy atom. The van der Waals surface area contributed by atoms with E-state index in [9.17, 15) is 23.6 Å². The van der Waals surface area contributed by atoms with Crippen molar-refractivity contribution in [3.05, 3.63) is 32.9 Å². The molecule has 0 bridgehead atoms. The number of carbonyl (C=O) groups excluding carboxylic acids is 1. The first-order chi connectivity index (χ1) is 10.2. The molecule has 1 rings (SSSR count). The van der Waals surface area contributed by atoms with Crippen LogP contribution < -0.4 is 11.2 Å². The van der Waals surface area contributed by atoms with Gasteiger partial charge in [-0.05, 0) is 0 Å². The largest absolute Gasteiger partial charge is 0.465 e. The topological polar surface area (TPSA) is 116 Å². The molecule has 1 aromatic rings. The summed E-state index contributed by atoms with van der Waals surface area (Å²) in [6.07, 6.45) is -0.443. The molecule has 22 heavy (non-hydrogen) atoms. The molecule has 0 aliphatic heterocycles. The van der Waals surface area contributed by atoms with E-state index in [0.717, 1.165) is 15.7 Å². The molecule has 2 N–H and O–H groups in total. The van der Waals surface area contributed by atoms with Gasteiger partial charge in [0.1, 0.15) is 0 Å². The number of aromatic amines is 1. The third kappa shape index (κ3) is 4.72. The summed E-state index contributed by atoms with van der Waals surface area (Å²) >= 11 is 0. The Morgan fingerprint density at radius 3 is 2.45 bits per heavy atom. The third-order valence-electron chi connectivity index (χ3n) is 3.06. The number of carbonyl (C=O) groups is 2. The van der Waals surface area contributed by atoms with E-state index in [0.29, 0.717) is 0 Å². The second kappa shape index (κ2) is 7.38. The van der Waals surface area contributed by atoms with Gasteiger partial charge in [0.25, 0.3) is 5.56 Å². The molecule has 0 spiro atoms. The van der Waals surface area contributed by atoms with Gasteiger partial charge in [0.2, 0.25) is 11.7 Å². The standard InChI is InChI=1S/C12H17FN4O5/c1-15(5-6-16(2)12(21)22)9(18)3-4-17-7-8(13)10(19)14-11(17)20/h7H,3-6H2,1-2H3,(H,21,22)(H,14,19,20). The van der Waals surface area contributed by atoms with Crippen LogP contribution in [0.3, 0.4) is 0 Å². The Balaban J connectivity index is 2.55. The molecular weight excluding hydrogens is 299 g/mol. The number of aryl methyl sites for hydroxylation is 1. The molecule has 0 aliphatic carbocycles. The number of nitrogens with one attached hydrogen (secondary N) is 1. The van der Waals surface area contributed by atoms with E-state index in [4.69, 9.17) is 5.11 Å². The van der Waals surface area contributed by atoms with Crippen LogP contribution in [0.2, 0.25) is 0 Å². The summed E-state index contributed by atoms with van der Waals surface area (Å²) in [4.78, 5) is 48.9. The number of rotatable bonds is 6. The van der Waals surface area contributed by atoms with Crippen LogP contribution in [0.1, 0.15) is 6.42 Å². The highest BCUT2D eigenvalue weighted by molar-refractivity contribution is 5.75. The van der Waals surface area contributed by atoms with Crippen molar-refractivity contribution in [1.29, 1.82) is 0 Å². The summed E-state index contributed by atoms with van der Waals surface area (Å²) < 4.78 is 14.0. The first kappa shape index (κ1) is 17.4. The van der Waals surface area contributed by atoms with Crippen molar-refractivity contribution in [2.45, 2.75) is 13.0 Å². The highest BCUT2D eigenvalue weighted by Crippen LogP contribution is 1.95. The molecule has 0 saturated heterocycles. The molecular formula is C12H17FN4O5. The van der Waals surface area contributed by atoms with Gasteiger partial charge in [0, 0.05) is 40.2 Å². The predicted octanol–water partition coefficient (Wildman–Crippen LogP) is -0.866. The maximum Gasteiger partial charge on any atom is 0.407 e. The second-order valence-electron chi connectivity index (χ2n) is 4.70. The summed E-state index contributed by atoms with van der Waals surface area (Å²) in [5.74, 6) is -1.44. The normalized spacial score (nSPS) is 10.3. The number of aromatic nitrogens is 2. The second-order valence-corrected chi connectivity index (χ2v) is 4.70. The number of hydrogen-bond donors (Lipinski definition) is 2. The zero-order chi connectivity index (χ0) is 16.9. The number of nitrogens with zero attached hydrogens (tertiary/aromatic N) is 3. The monoisotopic (exact) mass is 316 g/mol. The SMILES string of the molecule is CN(CCN(C)C(=O)CCn1cc(F)c(=O)[nH]c1=O)C(=O)O. The molecule has 1 aromatic heterocycles. The molecule has 122 valence electrons. The number of carboxylic acid groups (broad SMARTS) is 1. The van der Waals surface area contributed by atoms with Crippen molar-refractivity contribution in [2.24, 2.45) is 0 Å². The van der Waals surface area contributed by atoms with E-state index in [1.807, 2.05) is 0 Å². The first-order valence-electron chi connectivity index (χ1n) is 6.39. The van der Waals surface area contributed by atoms with Crippen molar-refractivity contribution < 1.29 is 19.1 Å². The average Bonchev–Trinajstić information content (AvgIpc) is 2.46. The Bertz CT molecular complexity index is 668. The van der Waals surface area contributed by atoms with Gasteiger partial charge in [0.15, 0.2) is 0 Å². The Kier molecular flexibility index (Phi) is 5.84. The van der Waals surface area contributed by atoms with Crippen LogP contribution in [0.5, 0.6) is 0 Å². The van der Waals surface area contributed by atoms with Gasteiger partial charge in [-0.25, -0.2) is 9.59 Å². The summed E-state index contributed by atoms with van der Waals surface area (Å²) in [5, 5.41) is 8.68. The number of halogens is 1. The van der Waals surface area contributed by atoms with Crippen LogP contribution in [0.25, 0.3) is 0 Å². The maximum atomic E-state index is 13.1. The van der Waals surface area contributed by atoms with E-state index in [1.54, 1.807) is 4.98 Å². The van der Waals surface area contributed by atoms with Crippen LogP contribution >= 0.6 is 0 Å². The Hall–Kier alpha value is -2.65. The smallest absolute Gasteiger partial charge is 0.407 e. The summed E-state index contributed by atoms with van der Waals surface area (Å²) in [5.41, 5.74) is -1.91. The predicted molar refractivity (Wildman–Crippen MR) is 74.2 cm³/mol. The van der Waals surface area contributed by atoms with Crippen LogP contribution in [0, 0.1) is 5.82 Å². The highest BCUT2D eigenvalue weighted by Gasteiger charge is 2.12. The van der Waals surface area contributed by atoms with Gasteiger partial charge in [-0.15, -0.1) is 0 Å². The van der Waals surface area contributed by atoms with Gasteiger partial charge in [-0.1, -0.05) is 0 Å². The van der Waals surface area contributed by atoms with Crippen molar-refractivity contribution in [2.75, 3.05) is 27.2 Å². The van der Waals surface area contributed by atoms with Crippen molar-refractivity contribution in [3.8, 4) is 0 Å². The lowest BCUT2D eigenvalue weighted by Gasteiger charge is -2.20. The van der Waals surface area contributed by atoms with Gasteiger partial charge in [-0.2, -0.15) is 4.39 Å². The fraction of sp³-hybridized carbons (Fsp3) is 0.500. The molecule has 0 aromatic carbocycles. The Labute approximate surface area is 124 Å². The minimum Gasteiger partial charge on any atom is -0.465 e. The van der Waals surface area contributed by atoms with Crippen LogP contribution in [0.15, 0.2) is 15.8 Å². The fourth-order valence-corrected chi connectivity index (χ4v) is 1.58. The zero-order valence-electron chi connectivity index (χ0n) is 12.2. The molecule has 10 heteroatoms. The molecule has 2 amide bonds. The maximum absolute atomic E-state index is 13.1. The number of amides is 2. The van der Waals surface area contributed by atoms with E-state index < -0.39 is 23.2 Å². The fourth-order valence-electron chi connectivity index (χ4n) is 1.58. The van der Waals surface area contributed by atoms with Crippen LogP contribution in [0.4, 0.5) is 9.18 Å². The van der Waals surface area contributed by atoms with Crippen LogP contribution in [-0.2, 0) is 11.3 Å². The molecule has 0 radical (unpaired) electrons. The Morgan fingerprint density at radius 2 is 1.86 bits per heavy atom. The third-order valence-corrected chi connectivity index (χ3v) is 3.06. The molecule has 9 nitrogen and oxygen atoms in total. The average molecular weight is 316 g/mol. The van der Waals surface area contributed by atoms with Gasteiger partial charge in [0.05, 0.1) is 6.20 Å². The lowest BCUT2D eigenvalue weighted by molar-refractivity contribution is -0.130. The lowest BCUT2D eigenvalue weighted by Crippen LogP contribution is -2.38. The van der Waals surface area contributed by atoms with E-state index >= 15 is 0 Å². The quantitative estimate of drug-likeness (QED) is 0.708. The molecule has 1 heterocycles. The van der Waals surface area contributed by atoms with Gasteiger partial charge in [-0.3, -0.25) is 19.1 Å². The molecule has 0 aliphatic rings. The minimum atomic E-state index is -1.11. The highest BCUT2D eigenvalue weighted by atomic mass is 19.1. The van der Waals surface area contributed by atoms with Gasteiger partial charge >= 0.3 is 11.8 Å². The van der Waals surface area contributed by atoms with Crippen molar-refractivity contribution in [3.63, 3.8) is 0 Å². The molecule has 0 saturated carbocycles. The van der Waals surface area contributed by atoms with Crippen LogP contribution in [-0.4, -0.2) is 63.6 Å². The summed E-state index contributed by atoms with van der Waals surface area (Å²) in [7, 11) is 2.87. The molecule has 0 fully saturated rings. The summed E-state index contributed by atoms with van der Waals surface area (Å²) in [6, 6.07) is 0. The molecule has 0 unspecified atom stereocenters. The van der Waals surface area contributed by atoms with Crippen molar-refractivity contribution in [1.82, 2.24) is 19.4 Å². The molecule has 0 atom stereocenters. The van der Waals surface area contributed by atoms with Crippen molar-refractivity contribution >= 4 is 12.0 Å². The summed E-state index contributed by atoms with van der Waals surface area (Å²) in [6.45, 7) is 0.242. The number of hydrogen-bond acceptors (Lipinski definition) is 4. The van der Waals surface area contributed by atoms with E-state index in [1.165, 1.54) is 19.0 Å². The van der Waals surface area contributed by atoms with E-state index in [-0.39, 0.29) is 32.0 Å².